The minimum Gasteiger partial charge on any atom is -0.354 e. The highest BCUT2D eigenvalue weighted by Gasteiger charge is 2.12. The number of amides is 2. The van der Waals surface area contributed by atoms with Gasteiger partial charge in [0.1, 0.15) is 0 Å². The molecule has 0 radical (unpaired) electrons. The van der Waals surface area contributed by atoms with Gasteiger partial charge in [-0.2, -0.15) is 0 Å². The molecule has 0 unspecified atom stereocenters. The van der Waals surface area contributed by atoms with E-state index in [1.54, 1.807) is 0 Å². The van der Waals surface area contributed by atoms with Crippen molar-refractivity contribution < 1.29 is 9.59 Å². The van der Waals surface area contributed by atoms with Crippen LogP contribution in [0, 0.1) is 5.92 Å². The van der Waals surface area contributed by atoms with Crippen molar-refractivity contribution in [2.45, 2.75) is 44.9 Å². The maximum absolute atomic E-state index is 11.5. The van der Waals surface area contributed by atoms with Crippen molar-refractivity contribution >= 4 is 24.2 Å². The van der Waals surface area contributed by atoms with Crippen molar-refractivity contribution in [3.63, 3.8) is 0 Å². The van der Waals surface area contributed by atoms with E-state index in [1.807, 2.05) is 0 Å². The Kier molecular flexibility index (Phi) is 10.6. The Morgan fingerprint density at radius 3 is 2.11 bits per heavy atom. The minimum atomic E-state index is -0.295. The van der Waals surface area contributed by atoms with E-state index in [0.717, 1.165) is 6.54 Å². The molecular weight excluding hydrogens is 266 g/mol. The van der Waals surface area contributed by atoms with Crippen LogP contribution in [0.15, 0.2) is 0 Å². The predicted octanol–water partition coefficient (Wildman–Crippen LogP) is 0.960. The topological polar surface area (TPSA) is 84.2 Å². The Hall–Kier alpha value is -0.810. The van der Waals surface area contributed by atoms with Crippen LogP contribution < -0.4 is 16.4 Å². The fraction of sp³-hybridized carbons (Fsp3) is 0.846. The number of rotatable bonds is 5. The SMILES string of the molecule is Cl.NCC(=O)NCC(=O)NCC1CCCCCCC1. The van der Waals surface area contributed by atoms with Crippen molar-refractivity contribution in [2.24, 2.45) is 11.7 Å². The van der Waals surface area contributed by atoms with Crippen LogP contribution in [0.2, 0.25) is 0 Å². The molecule has 5 nitrogen and oxygen atoms in total. The van der Waals surface area contributed by atoms with Crippen LogP contribution in [-0.2, 0) is 9.59 Å². The zero-order valence-corrected chi connectivity index (χ0v) is 12.3. The molecule has 1 fully saturated rings. The molecule has 0 atom stereocenters. The van der Waals surface area contributed by atoms with Crippen molar-refractivity contribution in [3.8, 4) is 0 Å². The van der Waals surface area contributed by atoms with Gasteiger partial charge in [-0.25, -0.2) is 0 Å². The van der Waals surface area contributed by atoms with E-state index in [-0.39, 0.29) is 37.3 Å². The Bertz CT molecular complexity index is 267. The molecule has 0 heterocycles. The van der Waals surface area contributed by atoms with Gasteiger partial charge in [0.05, 0.1) is 13.1 Å². The van der Waals surface area contributed by atoms with Gasteiger partial charge in [0.2, 0.25) is 11.8 Å². The first-order valence-electron chi connectivity index (χ1n) is 6.96. The van der Waals surface area contributed by atoms with Gasteiger partial charge in [-0.1, -0.05) is 32.1 Å². The molecule has 1 aliphatic carbocycles. The lowest BCUT2D eigenvalue weighted by molar-refractivity contribution is -0.125. The van der Waals surface area contributed by atoms with Gasteiger partial charge in [-0.15, -0.1) is 12.4 Å². The predicted molar refractivity (Wildman–Crippen MR) is 78.1 cm³/mol. The summed E-state index contributed by atoms with van der Waals surface area (Å²) in [5.41, 5.74) is 5.14. The van der Waals surface area contributed by atoms with Crippen LogP contribution in [0.5, 0.6) is 0 Å². The van der Waals surface area contributed by atoms with Gasteiger partial charge in [-0.05, 0) is 18.8 Å². The average Bonchev–Trinajstić information content (AvgIpc) is 2.34. The monoisotopic (exact) mass is 291 g/mol. The third-order valence-electron chi connectivity index (χ3n) is 3.44. The summed E-state index contributed by atoms with van der Waals surface area (Å²) in [5, 5.41) is 5.35. The van der Waals surface area contributed by atoms with Gasteiger partial charge in [0.25, 0.3) is 0 Å². The molecule has 0 spiro atoms. The van der Waals surface area contributed by atoms with Crippen LogP contribution in [0.1, 0.15) is 44.9 Å². The molecule has 0 aromatic carbocycles. The number of carbonyl (C=O) groups excluding carboxylic acids is 2. The van der Waals surface area contributed by atoms with E-state index >= 15 is 0 Å². The molecule has 19 heavy (non-hydrogen) atoms. The van der Waals surface area contributed by atoms with Gasteiger partial charge in [0.15, 0.2) is 0 Å². The number of hydrogen-bond donors (Lipinski definition) is 3. The molecule has 112 valence electrons. The van der Waals surface area contributed by atoms with Crippen LogP contribution >= 0.6 is 12.4 Å². The van der Waals surface area contributed by atoms with Crippen LogP contribution in [0.25, 0.3) is 0 Å². The summed E-state index contributed by atoms with van der Waals surface area (Å²) in [6, 6.07) is 0. The fourth-order valence-corrected chi connectivity index (χ4v) is 2.32. The zero-order valence-electron chi connectivity index (χ0n) is 11.5. The third kappa shape index (κ3) is 8.83. The Balaban J connectivity index is 0.00000324. The Morgan fingerprint density at radius 2 is 1.53 bits per heavy atom. The average molecular weight is 292 g/mol. The molecule has 0 bridgehead atoms. The molecule has 1 saturated carbocycles. The van der Waals surface area contributed by atoms with Gasteiger partial charge < -0.3 is 16.4 Å². The second-order valence-corrected chi connectivity index (χ2v) is 5.00. The molecule has 0 aliphatic heterocycles. The van der Waals surface area contributed by atoms with Gasteiger partial charge >= 0.3 is 0 Å². The standard InChI is InChI=1S/C13H25N3O2.ClH/c14-8-12(17)16-10-13(18)15-9-11-6-4-2-1-3-5-7-11;/h11H,1-10,14H2,(H,15,18)(H,16,17);1H. The van der Waals surface area contributed by atoms with Crippen LogP contribution in [-0.4, -0.2) is 31.4 Å². The molecule has 2 amide bonds. The van der Waals surface area contributed by atoms with Crippen molar-refractivity contribution in [2.75, 3.05) is 19.6 Å². The summed E-state index contributed by atoms with van der Waals surface area (Å²) >= 11 is 0. The summed E-state index contributed by atoms with van der Waals surface area (Å²) < 4.78 is 0. The van der Waals surface area contributed by atoms with E-state index < -0.39 is 0 Å². The summed E-state index contributed by atoms with van der Waals surface area (Å²) in [6.07, 6.45) is 8.93. The normalized spacial score (nSPS) is 16.7. The smallest absolute Gasteiger partial charge is 0.239 e. The molecule has 4 N–H and O–H groups in total. The summed E-state index contributed by atoms with van der Waals surface area (Å²) in [5.74, 6) is 0.175. The van der Waals surface area contributed by atoms with E-state index in [9.17, 15) is 9.59 Å². The third-order valence-corrected chi connectivity index (χ3v) is 3.44. The summed E-state index contributed by atoms with van der Waals surface area (Å²) in [4.78, 5) is 22.4. The Morgan fingerprint density at radius 1 is 0.947 bits per heavy atom. The highest BCUT2D eigenvalue weighted by molar-refractivity contribution is 5.85. The number of carbonyl (C=O) groups is 2. The lowest BCUT2D eigenvalue weighted by Gasteiger charge is -2.20. The van der Waals surface area contributed by atoms with Crippen molar-refractivity contribution in [1.29, 1.82) is 0 Å². The molecular formula is C13H26ClN3O2. The fourth-order valence-electron chi connectivity index (χ4n) is 2.32. The summed E-state index contributed by atoms with van der Waals surface area (Å²) in [6.45, 7) is 0.690. The van der Waals surface area contributed by atoms with E-state index in [4.69, 9.17) is 5.73 Å². The molecule has 0 aromatic heterocycles. The first-order chi connectivity index (χ1) is 8.72. The maximum Gasteiger partial charge on any atom is 0.239 e. The van der Waals surface area contributed by atoms with E-state index in [1.165, 1.54) is 44.9 Å². The molecule has 0 saturated heterocycles. The number of hydrogen-bond acceptors (Lipinski definition) is 3. The van der Waals surface area contributed by atoms with E-state index in [0.29, 0.717) is 5.92 Å². The summed E-state index contributed by atoms with van der Waals surface area (Å²) in [7, 11) is 0. The first-order valence-corrected chi connectivity index (χ1v) is 6.96. The molecule has 1 aliphatic rings. The van der Waals surface area contributed by atoms with Crippen LogP contribution in [0.3, 0.4) is 0 Å². The quantitative estimate of drug-likeness (QED) is 0.705. The molecule has 1 rings (SSSR count). The molecule has 6 heteroatoms. The minimum absolute atomic E-state index is 0. The number of halogens is 1. The van der Waals surface area contributed by atoms with Crippen molar-refractivity contribution in [1.82, 2.24) is 10.6 Å². The zero-order chi connectivity index (χ0) is 13.2. The second-order valence-electron chi connectivity index (χ2n) is 5.00. The van der Waals surface area contributed by atoms with Crippen molar-refractivity contribution in [3.05, 3.63) is 0 Å². The lowest BCUT2D eigenvalue weighted by atomic mass is 9.91. The Labute approximate surface area is 121 Å². The van der Waals surface area contributed by atoms with E-state index in [2.05, 4.69) is 10.6 Å². The highest BCUT2D eigenvalue weighted by Crippen LogP contribution is 2.21. The van der Waals surface area contributed by atoms with Gasteiger partial charge in [0, 0.05) is 6.54 Å². The van der Waals surface area contributed by atoms with Gasteiger partial charge in [-0.3, -0.25) is 9.59 Å². The first kappa shape index (κ1) is 18.2. The highest BCUT2D eigenvalue weighted by atomic mass is 35.5. The maximum atomic E-state index is 11.5. The number of nitrogens with one attached hydrogen (secondary N) is 2. The number of nitrogens with two attached hydrogens (primary N) is 1. The largest absolute Gasteiger partial charge is 0.354 e. The molecule has 0 aromatic rings. The van der Waals surface area contributed by atoms with Crippen LogP contribution in [0.4, 0.5) is 0 Å². The lowest BCUT2D eigenvalue weighted by Crippen LogP contribution is -2.40. The second kappa shape index (κ2) is 11.1.